The summed E-state index contributed by atoms with van der Waals surface area (Å²) < 4.78 is 0. The lowest BCUT2D eigenvalue weighted by Gasteiger charge is -2.29. The fraction of sp³-hybridized carbons (Fsp3) is 0.968. The van der Waals surface area contributed by atoms with E-state index in [1.165, 1.54) is 347 Å². The van der Waals surface area contributed by atoms with Crippen LogP contribution in [0.25, 0.3) is 0 Å². The molecule has 0 N–H and O–H groups in total. The SMILES string of the molecule is CCCCCCCCCCN(CCCCCCCCCC)C1=C(N(CCCCCCCCCC)CCCCCCCCCC)C1N(CCCCCCCCCC)CCCCCCCCCC. The number of unbranched alkanes of at least 4 members (excludes halogenated alkanes) is 42. The Kier molecular flexibility index (Phi) is 48.6. The van der Waals surface area contributed by atoms with Crippen LogP contribution in [0, 0.1) is 0 Å². The molecule has 1 rings (SSSR count). The van der Waals surface area contributed by atoms with Gasteiger partial charge in [-0.1, -0.05) is 311 Å². The zero-order valence-corrected chi connectivity index (χ0v) is 47.1. The van der Waals surface area contributed by atoms with E-state index in [9.17, 15) is 0 Å². The lowest BCUT2D eigenvalue weighted by molar-refractivity contribution is 0.215. The molecule has 0 unspecified atom stereocenters. The van der Waals surface area contributed by atoms with E-state index in [1.807, 2.05) is 11.4 Å². The van der Waals surface area contributed by atoms with Crippen LogP contribution in [0.5, 0.6) is 0 Å². The summed E-state index contributed by atoms with van der Waals surface area (Å²) in [7, 11) is 0. The first-order valence-electron chi connectivity index (χ1n) is 31.7. The monoisotopic (exact) mass is 926 g/mol. The molecule has 3 heteroatoms. The molecule has 0 aromatic carbocycles. The highest BCUT2D eigenvalue weighted by molar-refractivity contribution is 5.45. The molecule has 66 heavy (non-hydrogen) atoms. The van der Waals surface area contributed by atoms with Crippen LogP contribution in [0.1, 0.15) is 350 Å². The zero-order valence-electron chi connectivity index (χ0n) is 47.1. The molecule has 0 spiro atoms. The van der Waals surface area contributed by atoms with Gasteiger partial charge in [-0.05, 0) is 51.6 Å². The van der Waals surface area contributed by atoms with Crippen molar-refractivity contribution in [3.63, 3.8) is 0 Å². The molecule has 0 aromatic heterocycles. The Morgan fingerprint density at radius 2 is 0.348 bits per heavy atom. The first-order valence-corrected chi connectivity index (χ1v) is 31.7. The molecule has 0 saturated carbocycles. The summed E-state index contributed by atoms with van der Waals surface area (Å²) in [4.78, 5) is 9.16. The second-order valence-electron chi connectivity index (χ2n) is 22.0. The van der Waals surface area contributed by atoms with Crippen molar-refractivity contribution < 1.29 is 0 Å². The second kappa shape index (κ2) is 50.7. The van der Waals surface area contributed by atoms with E-state index in [0.29, 0.717) is 6.04 Å². The maximum absolute atomic E-state index is 3.09. The van der Waals surface area contributed by atoms with E-state index >= 15 is 0 Å². The van der Waals surface area contributed by atoms with E-state index in [4.69, 9.17) is 0 Å². The normalized spacial score (nSPS) is 13.0. The minimum absolute atomic E-state index is 0.588. The highest BCUT2D eigenvalue weighted by Crippen LogP contribution is 2.43. The van der Waals surface area contributed by atoms with Gasteiger partial charge in [-0.2, -0.15) is 0 Å². The van der Waals surface area contributed by atoms with Gasteiger partial charge in [-0.3, -0.25) is 4.90 Å². The minimum Gasteiger partial charge on any atom is -0.372 e. The summed E-state index contributed by atoms with van der Waals surface area (Å²) in [5.74, 6) is 0. The van der Waals surface area contributed by atoms with Crippen LogP contribution in [0.3, 0.4) is 0 Å². The first-order chi connectivity index (χ1) is 32.7. The second-order valence-corrected chi connectivity index (χ2v) is 22.0. The zero-order chi connectivity index (χ0) is 47.6. The molecule has 0 fully saturated rings. The number of rotatable bonds is 57. The largest absolute Gasteiger partial charge is 0.372 e. The van der Waals surface area contributed by atoms with Crippen molar-refractivity contribution in [1.82, 2.24) is 14.7 Å². The van der Waals surface area contributed by atoms with Crippen molar-refractivity contribution in [3.05, 3.63) is 11.4 Å². The van der Waals surface area contributed by atoms with Gasteiger partial charge in [0.1, 0.15) is 0 Å². The topological polar surface area (TPSA) is 9.72 Å². The first kappa shape index (κ1) is 63.3. The smallest absolute Gasteiger partial charge is 0.0939 e. The Bertz CT molecular complexity index is 861. The molecule has 0 heterocycles. The Morgan fingerprint density at radius 3 is 0.530 bits per heavy atom. The Morgan fingerprint density at radius 1 is 0.197 bits per heavy atom. The van der Waals surface area contributed by atoms with Crippen LogP contribution >= 0.6 is 0 Å². The summed E-state index contributed by atoms with van der Waals surface area (Å²) in [6, 6.07) is 0.588. The van der Waals surface area contributed by atoms with Gasteiger partial charge in [0.2, 0.25) is 0 Å². The third kappa shape index (κ3) is 37.2. The lowest BCUT2D eigenvalue weighted by atomic mass is 10.1. The summed E-state index contributed by atoms with van der Waals surface area (Å²) in [6.07, 6.45) is 68.3. The van der Waals surface area contributed by atoms with Gasteiger partial charge in [0.15, 0.2) is 0 Å². The predicted molar refractivity (Wildman–Crippen MR) is 301 cm³/mol. The average molecular weight is 927 g/mol. The summed E-state index contributed by atoms with van der Waals surface area (Å²) in [5.41, 5.74) is 3.64. The average Bonchev–Trinajstić information content (AvgIpc) is 4.06. The van der Waals surface area contributed by atoms with Crippen molar-refractivity contribution in [3.8, 4) is 0 Å². The summed E-state index contributed by atoms with van der Waals surface area (Å²) >= 11 is 0. The maximum atomic E-state index is 3.09. The molecule has 0 aliphatic heterocycles. The van der Waals surface area contributed by atoms with Gasteiger partial charge in [0.05, 0.1) is 17.4 Å². The Hall–Kier alpha value is -0.700. The third-order valence-corrected chi connectivity index (χ3v) is 15.5. The van der Waals surface area contributed by atoms with E-state index in [1.54, 1.807) is 0 Å². The van der Waals surface area contributed by atoms with Crippen LogP contribution in [0.4, 0.5) is 0 Å². The molecule has 0 radical (unpaired) electrons. The Labute approximate surface area is 419 Å². The Balaban J connectivity index is 3.38. The number of hydrogen-bond donors (Lipinski definition) is 0. The fourth-order valence-electron chi connectivity index (χ4n) is 10.9. The molecule has 0 aromatic rings. The van der Waals surface area contributed by atoms with Crippen LogP contribution < -0.4 is 0 Å². The van der Waals surface area contributed by atoms with Crippen LogP contribution in [0.15, 0.2) is 11.4 Å². The van der Waals surface area contributed by atoms with Gasteiger partial charge >= 0.3 is 0 Å². The van der Waals surface area contributed by atoms with Crippen molar-refractivity contribution in [2.75, 3.05) is 39.3 Å². The highest BCUT2D eigenvalue weighted by Gasteiger charge is 2.46. The number of hydrogen-bond acceptors (Lipinski definition) is 3. The highest BCUT2D eigenvalue weighted by atomic mass is 15.3. The number of nitrogens with zero attached hydrogens (tertiary/aromatic N) is 3. The lowest BCUT2D eigenvalue weighted by Crippen LogP contribution is -2.36. The van der Waals surface area contributed by atoms with E-state index in [0.717, 1.165) is 0 Å². The van der Waals surface area contributed by atoms with E-state index in [-0.39, 0.29) is 0 Å². The molecule has 0 atom stereocenters. The molecule has 0 bridgehead atoms. The molecule has 3 nitrogen and oxygen atoms in total. The van der Waals surface area contributed by atoms with Crippen LogP contribution in [0.2, 0.25) is 0 Å². The third-order valence-electron chi connectivity index (χ3n) is 15.5. The van der Waals surface area contributed by atoms with Crippen molar-refractivity contribution >= 4 is 0 Å². The van der Waals surface area contributed by atoms with Gasteiger partial charge in [-0.15, -0.1) is 0 Å². The summed E-state index contributed by atoms with van der Waals surface area (Å²) in [5, 5.41) is 0. The van der Waals surface area contributed by atoms with Crippen molar-refractivity contribution in [2.45, 2.75) is 356 Å². The van der Waals surface area contributed by atoms with Gasteiger partial charge in [0.25, 0.3) is 0 Å². The van der Waals surface area contributed by atoms with E-state index < -0.39 is 0 Å². The molecule has 394 valence electrons. The fourth-order valence-corrected chi connectivity index (χ4v) is 10.9. The van der Waals surface area contributed by atoms with Crippen LogP contribution in [-0.2, 0) is 0 Å². The molecule has 1 aliphatic rings. The summed E-state index contributed by atoms with van der Waals surface area (Å²) in [6.45, 7) is 22.0. The van der Waals surface area contributed by atoms with Crippen molar-refractivity contribution in [2.24, 2.45) is 0 Å². The van der Waals surface area contributed by atoms with Gasteiger partial charge < -0.3 is 9.80 Å². The standard InChI is InChI=1S/C63H127N3/c1-7-13-19-25-31-37-43-49-55-64(56-50-44-38-32-26-20-14-8-2)61-62(65(57-51-45-39-33-27-21-15-9-3)58-52-46-40-34-28-22-16-10-4)63(61)66(59-53-47-41-35-29-23-17-11-5)60-54-48-42-36-30-24-18-12-6/h61H,7-60H2,1-6H3. The predicted octanol–water partition coefficient (Wildman–Crippen LogP) is 21.3. The molecule has 0 amide bonds. The molecule has 0 saturated heterocycles. The van der Waals surface area contributed by atoms with Crippen LogP contribution in [-0.4, -0.2) is 60.0 Å². The molecule has 1 aliphatic carbocycles. The van der Waals surface area contributed by atoms with Gasteiger partial charge in [0, 0.05) is 26.2 Å². The van der Waals surface area contributed by atoms with Crippen molar-refractivity contribution in [1.29, 1.82) is 0 Å². The maximum Gasteiger partial charge on any atom is 0.0939 e. The van der Waals surface area contributed by atoms with E-state index in [2.05, 4.69) is 56.2 Å². The molecular weight excluding hydrogens is 799 g/mol. The van der Waals surface area contributed by atoms with Gasteiger partial charge in [-0.25, -0.2) is 0 Å². The minimum atomic E-state index is 0.588. The quantitative estimate of drug-likeness (QED) is 0.0563. The molecular formula is C63H127N3.